The molecule has 2 saturated heterocycles. The van der Waals surface area contributed by atoms with Gasteiger partial charge in [0.25, 0.3) is 0 Å². The molecule has 17 heavy (non-hydrogen) atoms. The van der Waals surface area contributed by atoms with Gasteiger partial charge in [-0.1, -0.05) is 30.3 Å². The van der Waals surface area contributed by atoms with E-state index in [1.165, 1.54) is 5.56 Å². The first-order chi connectivity index (χ1) is 8.26. The Morgan fingerprint density at radius 2 is 2.12 bits per heavy atom. The molecule has 3 rings (SSSR count). The van der Waals surface area contributed by atoms with Gasteiger partial charge in [-0.15, -0.1) is 0 Å². The number of rotatable bonds is 2. The fourth-order valence-corrected chi connectivity index (χ4v) is 2.76. The molecule has 0 saturated carbocycles. The van der Waals surface area contributed by atoms with Crippen LogP contribution >= 0.6 is 0 Å². The normalized spacial score (nSPS) is 28.4. The highest BCUT2D eigenvalue weighted by Crippen LogP contribution is 2.24. The maximum Gasteiger partial charge on any atom is 0.315 e. The zero-order valence-electron chi connectivity index (χ0n) is 9.78. The predicted molar refractivity (Wildman–Crippen MR) is 65.6 cm³/mol. The Morgan fingerprint density at radius 1 is 1.29 bits per heavy atom. The first-order valence-electron chi connectivity index (χ1n) is 6.08. The lowest BCUT2D eigenvalue weighted by Gasteiger charge is -2.22. The van der Waals surface area contributed by atoms with E-state index >= 15 is 0 Å². The van der Waals surface area contributed by atoms with Crippen molar-refractivity contribution >= 4 is 6.03 Å². The van der Waals surface area contributed by atoms with Crippen LogP contribution in [0.25, 0.3) is 0 Å². The van der Waals surface area contributed by atoms with Crippen LogP contribution in [0.4, 0.5) is 4.79 Å². The van der Waals surface area contributed by atoms with E-state index in [2.05, 4.69) is 39.8 Å². The summed E-state index contributed by atoms with van der Waals surface area (Å²) in [4.78, 5) is 13.6. The van der Waals surface area contributed by atoms with E-state index in [-0.39, 0.29) is 11.6 Å². The Morgan fingerprint density at radius 3 is 2.82 bits per heavy atom. The molecular weight excluding hydrogens is 214 g/mol. The lowest BCUT2D eigenvalue weighted by Crippen LogP contribution is -2.45. The molecule has 90 valence electrons. The fraction of sp³-hybridized carbons (Fsp3) is 0.462. The monoisotopic (exact) mass is 231 g/mol. The molecule has 1 unspecified atom stereocenters. The molecule has 1 spiro atoms. The van der Waals surface area contributed by atoms with Crippen LogP contribution in [0.15, 0.2) is 30.3 Å². The topological polar surface area (TPSA) is 44.4 Å². The van der Waals surface area contributed by atoms with Gasteiger partial charge >= 0.3 is 6.03 Å². The molecule has 4 heteroatoms. The second-order valence-corrected chi connectivity index (χ2v) is 5.03. The van der Waals surface area contributed by atoms with Crippen molar-refractivity contribution < 1.29 is 4.79 Å². The van der Waals surface area contributed by atoms with E-state index in [0.717, 1.165) is 32.6 Å². The van der Waals surface area contributed by atoms with E-state index in [1.807, 2.05) is 6.07 Å². The van der Waals surface area contributed by atoms with Crippen LogP contribution in [0.5, 0.6) is 0 Å². The van der Waals surface area contributed by atoms with Crippen LogP contribution in [0.2, 0.25) is 0 Å². The van der Waals surface area contributed by atoms with Gasteiger partial charge in [0.1, 0.15) is 0 Å². The zero-order valence-corrected chi connectivity index (χ0v) is 9.78. The summed E-state index contributed by atoms with van der Waals surface area (Å²) in [5.74, 6) is 0. The molecule has 1 aromatic carbocycles. The molecule has 2 N–H and O–H groups in total. The number of hydrogen-bond acceptors (Lipinski definition) is 2. The summed E-state index contributed by atoms with van der Waals surface area (Å²) < 4.78 is 0. The third-order valence-electron chi connectivity index (χ3n) is 3.65. The fourth-order valence-electron chi connectivity index (χ4n) is 2.76. The molecule has 2 aliphatic rings. The molecule has 1 atom stereocenters. The Balaban J connectivity index is 1.63. The minimum atomic E-state index is -0.0220. The summed E-state index contributed by atoms with van der Waals surface area (Å²) in [6.45, 7) is 3.73. The summed E-state index contributed by atoms with van der Waals surface area (Å²) in [6.07, 6.45) is 1.04. The first kappa shape index (κ1) is 10.6. The minimum absolute atomic E-state index is 0.0217. The average molecular weight is 231 g/mol. The largest absolute Gasteiger partial charge is 0.336 e. The molecule has 2 fully saturated rings. The molecule has 4 nitrogen and oxygen atoms in total. The highest BCUT2D eigenvalue weighted by atomic mass is 16.2. The van der Waals surface area contributed by atoms with Crippen molar-refractivity contribution in [1.29, 1.82) is 0 Å². The van der Waals surface area contributed by atoms with E-state index in [9.17, 15) is 4.79 Å². The molecule has 2 heterocycles. The van der Waals surface area contributed by atoms with Crippen molar-refractivity contribution in [3.63, 3.8) is 0 Å². The van der Waals surface area contributed by atoms with Crippen molar-refractivity contribution in [2.45, 2.75) is 18.5 Å². The molecule has 1 aromatic rings. The van der Waals surface area contributed by atoms with Gasteiger partial charge in [-0.05, 0) is 12.0 Å². The van der Waals surface area contributed by atoms with Gasteiger partial charge in [0.2, 0.25) is 0 Å². The number of amides is 2. The third-order valence-corrected chi connectivity index (χ3v) is 3.65. The van der Waals surface area contributed by atoms with Crippen molar-refractivity contribution in [2.24, 2.45) is 0 Å². The van der Waals surface area contributed by atoms with Gasteiger partial charge in [0.05, 0.1) is 5.54 Å². The number of hydrogen-bond donors (Lipinski definition) is 2. The van der Waals surface area contributed by atoms with Crippen LogP contribution in [0.1, 0.15) is 12.0 Å². The van der Waals surface area contributed by atoms with Gasteiger partial charge in [-0.25, -0.2) is 4.79 Å². The van der Waals surface area contributed by atoms with E-state index in [0.29, 0.717) is 0 Å². The van der Waals surface area contributed by atoms with Crippen molar-refractivity contribution in [3.8, 4) is 0 Å². The number of nitrogens with zero attached hydrogens (tertiary/aromatic N) is 1. The van der Waals surface area contributed by atoms with Gasteiger partial charge in [-0.2, -0.15) is 0 Å². The Bertz CT molecular complexity index is 420. The first-order valence-corrected chi connectivity index (χ1v) is 6.08. The zero-order chi connectivity index (χ0) is 11.7. The Hall–Kier alpha value is -1.55. The van der Waals surface area contributed by atoms with Crippen LogP contribution in [0.3, 0.4) is 0 Å². The van der Waals surface area contributed by atoms with Gasteiger partial charge in [-0.3, -0.25) is 4.90 Å². The van der Waals surface area contributed by atoms with Gasteiger partial charge < -0.3 is 10.6 Å². The van der Waals surface area contributed by atoms with E-state index in [1.54, 1.807) is 0 Å². The van der Waals surface area contributed by atoms with Crippen LogP contribution in [0, 0.1) is 0 Å². The van der Waals surface area contributed by atoms with Crippen LogP contribution in [-0.4, -0.2) is 36.1 Å². The van der Waals surface area contributed by atoms with Gasteiger partial charge in [0.15, 0.2) is 0 Å². The molecule has 0 radical (unpaired) electrons. The maximum absolute atomic E-state index is 11.2. The molecular formula is C13H17N3O. The number of nitrogens with one attached hydrogen (secondary N) is 2. The second-order valence-electron chi connectivity index (χ2n) is 5.03. The minimum Gasteiger partial charge on any atom is -0.336 e. The average Bonchev–Trinajstić information content (AvgIpc) is 2.88. The number of urea groups is 1. The highest BCUT2D eigenvalue weighted by molar-refractivity contribution is 5.77. The third kappa shape index (κ3) is 2.13. The SMILES string of the molecule is O=C1NCC2(CCN(Cc3ccccc3)C2)N1. The van der Waals surface area contributed by atoms with Crippen LogP contribution < -0.4 is 10.6 Å². The lowest BCUT2D eigenvalue weighted by molar-refractivity contribution is 0.243. The standard InChI is InChI=1S/C13H17N3O/c17-12-14-9-13(15-12)6-7-16(10-13)8-11-4-2-1-3-5-11/h1-5H,6-10H2,(H2,14,15,17). The number of likely N-dealkylation sites (tertiary alicyclic amines) is 1. The van der Waals surface area contributed by atoms with Crippen molar-refractivity contribution in [2.75, 3.05) is 19.6 Å². The number of carbonyl (C=O) groups is 1. The molecule has 0 aliphatic carbocycles. The second kappa shape index (κ2) is 4.04. The van der Waals surface area contributed by atoms with Crippen molar-refractivity contribution in [1.82, 2.24) is 15.5 Å². The molecule has 0 bridgehead atoms. The summed E-state index contributed by atoms with van der Waals surface area (Å²) in [7, 11) is 0. The number of benzene rings is 1. The molecule has 2 amide bonds. The molecule has 0 aromatic heterocycles. The Labute approximate surface area is 101 Å². The summed E-state index contributed by atoms with van der Waals surface area (Å²) in [6, 6.07) is 10.5. The van der Waals surface area contributed by atoms with E-state index in [4.69, 9.17) is 0 Å². The summed E-state index contributed by atoms with van der Waals surface area (Å²) in [5.41, 5.74) is 1.31. The smallest absolute Gasteiger partial charge is 0.315 e. The maximum atomic E-state index is 11.2. The highest BCUT2D eigenvalue weighted by Gasteiger charge is 2.43. The van der Waals surface area contributed by atoms with E-state index < -0.39 is 0 Å². The molecule has 2 aliphatic heterocycles. The Kier molecular flexibility index (Phi) is 2.52. The van der Waals surface area contributed by atoms with Crippen LogP contribution in [-0.2, 0) is 6.54 Å². The van der Waals surface area contributed by atoms with Gasteiger partial charge in [0, 0.05) is 26.2 Å². The summed E-state index contributed by atoms with van der Waals surface area (Å²) >= 11 is 0. The van der Waals surface area contributed by atoms with Crippen molar-refractivity contribution in [3.05, 3.63) is 35.9 Å². The number of carbonyl (C=O) groups excluding carboxylic acids is 1. The summed E-state index contributed by atoms with van der Waals surface area (Å²) in [5, 5.41) is 5.91. The quantitative estimate of drug-likeness (QED) is 0.795. The lowest BCUT2D eigenvalue weighted by atomic mass is 10.0. The predicted octanol–water partition coefficient (Wildman–Crippen LogP) is 0.944.